The van der Waals surface area contributed by atoms with Crippen molar-refractivity contribution in [2.75, 3.05) is 18.5 Å². The molecule has 1 amide bonds. The number of amides is 1. The van der Waals surface area contributed by atoms with Gasteiger partial charge in [-0.25, -0.2) is 9.37 Å². The SMILES string of the molecule is CCOP(=O)(Cc1ccc(NC(=O)C=Cc2cncn2-c2ccc(F)cc2)cc1)OCC. The first kappa shape index (κ1) is 23.6. The molecule has 0 bridgehead atoms. The highest BCUT2D eigenvalue weighted by molar-refractivity contribution is 7.53. The Labute approximate surface area is 186 Å². The maximum atomic E-state index is 13.1. The Morgan fingerprint density at radius 1 is 1.09 bits per heavy atom. The zero-order valence-corrected chi connectivity index (χ0v) is 18.8. The summed E-state index contributed by atoms with van der Waals surface area (Å²) >= 11 is 0. The first-order chi connectivity index (χ1) is 15.4. The van der Waals surface area contributed by atoms with Crippen molar-refractivity contribution in [1.82, 2.24) is 9.55 Å². The van der Waals surface area contributed by atoms with Gasteiger partial charge in [0.15, 0.2) is 0 Å². The maximum Gasteiger partial charge on any atom is 0.335 e. The zero-order chi connectivity index (χ0) is 23.0. The molecule has 2 aromatic carbocycles. The number of nitrogens with one attached hydrogen (secondary N) is 1. The van der Waals surface area contributed by atoms with Crippen molar-refractivity contribution in [3.05, 3.63) is 84.2 Å². The van der Waals surface area contributed by atoms with Crippen LogP contribution in [0.1, 0.15) is 25.1 Å². The molecule has 0 aliphatic carbocycles. The lowest BCUT2D eigenvalue weighted by Crippen LogP contribution is -2.08. The standard InChI is InChI=1S/C23H25FN3O4P/c1-3-30-32(29,31-4-2)16-18-5-9-20(10-6-18)26-23(28)14-13-22-15-25-17-27(22)21-11-7-19(24)8-12-21/h5-15,17H,3-4,16H2,1-2H3,(H,26,28). The fourth-order valence-electron chi connectivity index (χ4n) is 3.03. The molecule has 0 fully saturated rings. The Bertz CT molecular complexity index is 1100. The molecule has 0 saturated carbocycles. The van der Waals surface area contributed by atoms with Crippen LogP contribution in [0.25, 0.3) is 11.8 Å². The third-order valence-corrected chi connectivity index (χ3v) is 6.48. The van der Waals surface area contributed by atoms with Crippen LogP contribution in [0, 0.1) is 5.82 Å². The summed E-state index contributed by atoms with van der Waals surface area (Å²) in [6.07, 6.45) is 6.38. The molecule has 0 saturated heterocycles. The van der Waals surface area contributed by atoms with E-state index in [0.29, 0.717) is 24.6 Å². The molecule has 1 aromatic heterocycles. The Kier molecular flexibility index (Phi) is 8.11. The molecule has 1 heterocycles. The molecule has 0 radical (unpaired) electrons. The average Bonchev–Trinajstić information content (AvgIpc) is 3.23. The lowest BCUT2D eigenvalue weighted by atomic mass is 10.2. The number of nitrogens with zero attached hydrogens (tertiary/aromatic N) is 2. The number of hydrogen-bond acceptors (Lipinski definition) is 5. The molecule has 0 aliphatic heterocycles. The van der Waals surface area contributed by atoms with Crippen LogP contribution < -0.4 is 5.32 Å². The van der Waals surface area contributed by atoms with Gasteiger partial charge in [-0.15, -0.1) is 0 Å². The number of carbonyl (C=O) groups excluding carboxylic acids is 1. The molecule has 0 atom stereocenters. The van der Waals surface area contributed by atoms with Gasteiger partial charge in [-0.05, 0) is 61.9 Å². The number of rotatable bonds is 10. The van der Waals surface area contributed by atoms with E-state index in [1.807, 2.05) is 0 Å². The van der Waals surface area contributed by atoms with Gasteiger partial charge in [-0.2, -0.15) is 0 Å². The number of benzene rings is 2. The summed E-state index contributed by atoms with van der Waals surface area (Å²) in [5, 5.41) is 2.77. The summed E-state index contributed by atoms with van der Waals surface area (Å²) in [5.41, 5.74) is 2.78. The van der Waals surface area contributed by atoms with Crippen LogP contribution in [0.5, 0.6) is 0 Å². The van der Waals surface area contributed by atoms with E-state index in [1.165, 1.54) is 18.2 Å². The van der Waals surface area contributed by atoms with E-state index in [9.17, 15) is 13.8 Å². The smallest absolute Gasteiger partial charge is 0.323 e. The Balaban J connectivity index is 1.62. The molecule has 1 N–H and O–H groups in total. The summed E-state index contributed by atoms with van der Waals surface area (Å²) in [4.78, 5) is 16.4. The largest absolute Gasteiger partial charge is 0.335 e. The van der Waals surface area contributed by atoms with E-state index in [1.54, 1.807) is 73.4 Å². The number of anilines is 1. The molecular formula is C23H25FN3O4P. The highest BCUT2D eigenvalue weighted by Crippen LogP contribution is 2.51. The van der Waals surface area contributed by atoms with Crippen molar-refractivity contribution in [3.8, 4) is 5.69 Å². The van der Waals surface area contributed by atoms with Crippen molar-refractivity contribution < 1.29 is 22.8 Å². The van der Waals surface area contributed by atoms with Gasteiger partial charge in [0.2, 0.25) is 5.91 Å². The minimum Gasteiger partial charge on any atom is -0.323 e. The van der Waals surface area contributed by atoms with Gasteiger partial charge in [0.25, 0.3) is 0 Å². The van der Waals surface area contributed by atoms with E-state index in [-0.39, 0.29) is 17.9 Å². The van der Waals surface area contributed by atoms with Crippen LogP contribution >= 0.6 is 7.60 Å². The molecule has 168 valence electrons. The van der Waals surface area contributed by atoms with Crippen LogP contribution in [-0.2, 0) is 24.6 Å². The van der Waals surface area contributed by atoms with Crippen LogP contribution in [-0.4, -0.2) is 28.7 Å². The Morgan fingerprint density at radius 2 is 1.75 bits per heavy atom. The molecule has 0 aliphatic rings. The molecular weight excluding hydrogens is 432 g/mol. The summed E-state index contributed by atoms with van der Waals surface area (Å²) in [5.74, 6) is -0.645. The van der Waals surface area contributed by atoms with Crippen molar-refractivity contribution in [3.63, 3.8) is 0 Å². The minimum atomic E-state index is -3.18. The number of hydrogen-bond donors (Lipinski definition) is 1. The van der Waals surface area contributed by atoms with E-state index < -0.39 is 7.60 Å². The number of imidazole rings is 1. The summed E-state index contributed by atoms with van der Waals surface area (Å²) in [6, 6.07) is 13.0. The number of aromatic nitrogens is 2. The zero-order valence-electron chi connectivity index (χ0n) is 17.9. The number of halogens is 1. The van der Waals surface area contributed by atoms with Crippen LogP contribution in [0.15, 0.2) is 67.1 Å². The third kappa shape index (κ3) is 6.47. The van der Waals surface area contributed by atoms with E-state index >= 15 is 0 Å². The van der Waals surface area contributed by atoms with Gasteiger partial charge < -0.3 is 14.4 Å². The quantitative estimate of drug-likeness (QED) is 0.324. The molecule has 3 rings (SSSR count). The number of carbonyl (C=O) groups is 1. The molecule has 0 unspecified atom stereocenters. The normalized spacial score (nSPS) is 11.7. The minimum absolute atomic E-state index is 0.163. The van der Waals surface area contributed by atoms with Gasteiger partial charge in [0.05, 0.1) is 37.6 Å². The van der Waals surface area contributed by atoms with Crippen molar-refractivity contribution >= 4 is 25.3 Å². The molecule has 9 heteroatoms. The highest BCUT2D eigenvalue weighted by Gasteiger charge is 2.23. The molecule has 7 nitrogen and oxygen atoms in total. The van der Waals surface area contributed by atoms with Crippen LogP contribution in [0.4, 0.5) is 10.1 Å². The molecule has 0 spiro atoms. The van der Waals surface area contributed by atoms with Crippen LogP contribution in [0.2, 0.25) is 0 Å². The fraction of sp³-hybridized carbons (Fsp3) is 0.217. The van der Waals surface area contributed by atoms with E-state index in [2.05, 4.69) is 10.3 Å². The molecule has 3 aromatic rings. The van der Waals surface area contributed by atoms with E-state index in [0.717, 1.165) is 11.3 Å². The predicted molar refractivity (Wildman–Crippen MR) is 122 cm³/mol. The van der Waals surface area contributed by atoms with Gasteiger partial charge in [-0.3, -0.25) is 13.9 Å². The predicted octanol–water partition coefficient (Wildman–Crippen LogP) is 5.43. The highest BCUT2D eigenvalue weighted by atomic mass is 31.2. The monoisotopic (exact) mass is 457 g/mol. The summed E-state index contributed by atoms with van der Waals surface area (Å²) in [7, 11) is -3.18. The van der Waals surface area contributed by atoms with Crippen molar-refractivity contribution in [2.24, 2.45) is 0 Å². The summed E-state index contributed by atoms with van der Waals surface area (Å²) in [6.45, 7) is 4.14. The van der Waals surface area contributed by atoms with Crippen molar-refractivity contribution in [1.29, 1.82) is 0 Å². The first-order valence-corrected chi connectivity index (χ1v) is 11.9. The van der Waals surface area contributed by atoms with Gasteiger partial charge in [0.1, 0.15) is 5.82 Å². The fourth-order valence-corrected chi connectivity index (χ4v) is 4.73. The van der Waals surface area contributed by atoms with Gasteiger partial charge >= 0.3 is 7.60 Å². The third-order valence-electron chi connectivity index (χ3n) is 4.43. The second-order valence-corrected chi connectivity index (χ2v) is 8.84. The second kappa shape index (κ2) is 11.0. The lowest BCUT2D eigenvalue weighted by molar-refractivity contribution is -0.111. The lowest BCUT2D eigenvalue weighted by Gasteiger charge is -2.17. The van der Waals surface area contributed by atoms with Gasteiger partial charge in [0, 0.05) is 17.5 Å². The van der Waals surface area contributed by atoms with E-state index in [4.69, 9.17) is 9.05 Å². The Morgan fingerprint density at radius 3 is 2.38 bits per heavy atom. The maximum absolute atomic E-state index is 13.1. The van der Waals surface area contributed by atoms with Gasteiger partial charge in [-0.1, -0.05) is 12.1 Å². The van der Waals surface area contributed by atoms with Crippen molar-refractivity contribution in [2.45, 2.75) is 20.0 Å². The average molecular weight is 457 g/mol. The first-order valence-electron chi connectivity index (χ1n) is 10.2. The Hall–Kier alpha value is -3.06. The van der Waals surface area contributed by atoms with Crippen LogP contribution in [0.3, 0.4) is 0 Å². The molecule has 32 heavy (non-hydrogen) atoms. The topological polar surface area (TPSA) is 82.5 Å². The second-order valence-electron chi connectivity index (χ2n) is 6.79. The summed E-state index contributed by atoms with van der Waals surface area (Å²) < 4.78 is 38.2.